The predicted molar refractivity (Wildman–Crippen MR) is 94.7 cm³/mol. The van der Waals surface area contributed by atoms with E-state index in [1.807, 2.05) is 12.3 Å². The van der Waals surface area contributed by atoms with Crippen molar-refractivity contribution in [1.82, 2.24) is 20.0 Å². The quantitative estimate of drug-likeness (QED) is 0.816. The van der Waals surface area contributed by atoms with Crippen LogP contribution in [0.3, 0.4) is 0 Å². The number of likely N-dealkylation sites (N-methyl/N-ethyl adjacent to an activating group) is 1. The summed E-state index contributed by atoms with van der Waals surface area (Å²) in [6.45, 7) is 4.04. The second kappa shape index (κ2) is 7.62. The number of benzene rings is 1. The molecule has 2 heterocycles. The largest absolute Gasteiger partial charge is 0.370 e. The van der Waals surface area contributed by atoms with E-state index >= 15 is 0 Å². The smallest absolute Gasteiger partial charge is 0.124 e. The molecule has 2 atom stereocenters. The first-order valence-corrected chi connectivity index (χ1v) is 8.39. The highest BCUT2D eigenvalue weighted by Gasteiger charge is 2.19. The number of anilines is 1. The van der Waals surface area contributed by atoms with E-state index in [1.165, 1.54) is 5.56 Å². The van der Waals surface area contributed by atoms with Crippen LogP contribution in [0.25, 0.3) is 0 Å². The van der Waals surface area contributed by atoms with Crippen molar-refractivity contribution in [2.45, 2.75) is 19.0 Å². The molecule has 0 aliphatic carbocycles. The average Bonchev–Trinajstić information content (AvgIpc) is 3.02. The third kappa shape index (κ3) is 4.33. The lowest BCUT2D eigenvalue weighted by Gasteiger charge is -2.28. The molecule has 0 radical (unpaired) electrons. The maximum Gasteiger partial charge on any atom is 0.124 e. The van der Waals surface area contributed by atoms with E-state index in [9.17, 15) is 0 Å². The Bertz CT molecular complexity index is 592. The Balaban J connectivity index is 1.46. The third-order valence-corrected chi connectivity index (χ3v) is 4.58. The van der Waals surface area contributed by atoms with Gasteiger partial charge in [0.15, 0.2) is 0 Å². The predicted octanol–water partition coefficient (Wildman–Crippen LogP) is 1.69. The summed E-state index contributed by atoms with van der Waals surface area (Å²) < 4.78 is 2.06. The van der Waals surface area contributed by atoms with Crippen LogP contribution in [0.15, 0.2) is 42.6 Å². The number of hydrogen-bond donors (Lipinski definition) is 2. The van der Waals surface area contributed by atoms with Gasteiger partial charge >= 0.3 is 0 Å². The fraction of sp³-hybridized carbons (Fsp3) is 0.500. The van der Waals surface area contributed by atoms with Gasteiger partial charge in [0.05, 0.1) is 6.20 Å². The SMILES string of the molecule is CN(C)C(CNCC1CNc2ccnn2C1)Cc1ccccc1. The summed E-state index contributed by atoms with van der Waals surface area (Å²) in [5.41, 5.74) is 1.40. The number of nitrogens with one attached hydrogen (secondary N) is 2. The van der Waals surface area contributed by atoms with Gasteiger partial charge in [-0.15, -0.1) is 0 Å². The normalized spacial score (nSPS) is 18.5. The molecule has 1 aliphatic heterocycles. The van der Waals surface area contributed by atoms with E-state index in [4.69, 9.17) is 0 Å². The zero-order valence-corrected chi connectivity index (χ0v) is 14.1. The van der Waals surface area contributed by atoms with Gasteiger partial charge in [0.2, 0.25) is 0 Å². The molecule has 0 saturated heterocycles. The maximum atomic E-state index is 4.35. The molecule has 1 aromatic heterocycles. The molecule has 5 nitrogen and oxygen atoms in total. The van der Waals surface area contributed by atoms with Crippen molar-refractivity contribution in [2.75, 3.05) is 39.0 Å². The summed E-state index contributed by atoms with van der Waals surface area (Å²) >= 11 is 0. The van der Waals surface area contributed by atoms with Gasteiger partial charge < -0.3 is 15.5 Å². The van der Waals surface area contributed by atoms with Gasteiger partial charge in [-0.3, -0.25) is 0 Å². The van der Waals surface area contributed by atoms with E-state index in [-0.39, 0.29) is 0 Å². The van der Waals surface area contributed by atoms with Crippen molar-refractivity contribution in [1.29, 1.82) is 0 Å². The molecule has 1 aromatic carbocycles. The van der Waals surface area contributed by atoms with Crippen molar-refractivity contribution in [3.63, 3.8) is 0 Å². The van der Waals surface area contributed by atoms with Crippen LogP contribution in [0.1, 0.15) is 5.56 Å². The second-order valence-corrected chi connectivity index (χ2v) is 6.61. The van der Waals surface area contributed by atoms with Gasteiger partial charge in [0, 0.05) is 44.2 Å². The lowest BCUT2D eigenvalue weighted by atomic mass is 10.0. The molecule has 2 aromatic rings. The fourth-order valence-electron chi connectivity index (χ4n) is 3.10. The minimum atomic E-state index is 0.509. The molecule has 1 aliphatic rings. The molecule has 2 unspecified atom stereocenters. The van der Waals surface area contributed by atoms with Crippen LogP contribution in [-0.4, -0.2) is 54.5 Å². The van der Waals surface area contributed by atoms with Crippen LogP contribution >= 0.6 is 0 Å². The number of aromatic nitrogens is 2. The minimum absolute atomic E-state index is 0.509. The molecule has 0 spiro atoms. The van der Waals surface area contributed by atoms with Gasteiger partial charge in [-0.1, -0.05) is 30.3 Å². The van der Waals surface area contributed by atoms with Crippen LogP contribution in [0, 0.1) is 5.92 Å². The van der Waals surface area contributed by atoms with Crippen molar-refractivity contribution in [3.05, 3.63) is 48.2 Å². The molecule has 5 heteroatoms. The van der Waals surface area contributed by atoms with Gasteiger partial charge in [0.1, 0.15) is 5.82 Å². The maximum absolute atomic E-state index is 4.35. The van der Waals surface area contributed by atoms with Crippen LogP contribution in [0.2, 0.25) is 0 Å². The Morgan fingerprint density at radius 3 is 2.91 bits per heavy atom. The zero-order chi connectivity index (χ0) is 16.1. The highest BCUT2D eigenvalue weighted by Crippen LogP contribution is 2.15. The molecule has 0 fully saturated rings. The van der Waals surface area contributed by atoms with Crippen molar-refractivity contribution >= 4 is 5.82 Å². The van der Waals surface area contributed by atoms with Crippen LogP contribution < -0.4 is 10.6 Å². The lowest BCUT2D eigenvalue weighted by molar-refractivity contribution is 0.273. The first-order valence-electron chi connectivity index (χ1n) is 8.39. The summed E-state index contributed by atoms with van der Waals surface area (Å²) in [7, 11) is 4.32. The fourth-order valence-corrected chi connectivity index (χ4v) is 3.10. The molecule has 23 heavy (non-hydrogen) atoms. The average molecular weight is 313 g/mol. The molecule has 2 N–H and O–H groups in total. The van der Waals surface area contributed by atoms with E-state index < -0.39 is 0 Å². The van der Waals surface area contributed by atoms with E-state index in [1.54, 1.807) is 0 Å². The Kier molecular flexibility index (Phi) is 5.31. The summed E-state index contributed by atoms with van der Waals surface area (Å²) in [6, 6.07) is 13.3. The summed E-state index contributed by atoms with van der Waals surface area (Å²) in [6.07, 6.45) is 2.94. The first-order chi connectivity index (χ1) is 11.2. The highest BCUT2D eigenvalue weighted by molar-refractivity contribution is 5.35. The van der Waals surface area contributed by atoms with Gasteiger partial charge in [-0.2, -0.15) is 5.10 Å². The number of nitrogens with zero attached hydrogens (tertiary/aromatic N) is 3. The summed E-state index contributed by atoms with van der Waals surface area (Å²) in [5, 5.41) is 11.5. The number of fused-ring (bicyclic) bond motifs is 1. The van der Waals surface area contributed by atoms with Crippen LogP contribution in [0.5, 0.6) is 0 Å². The molecule has 0 amide bonds. The monoisotopic (exact) mass is 313 g/mol. The summed E-state index contributed by atoms with van der Waals surface area (Å²) in [4.78, 5) is 2.31. The highest BCUT2D eigenvalue weighted by atomic mass is 15.3. The minimum Gasteiger partial charge on any atom is -0.370 e. The molecule has 0 saturated carbocycles. The lowest BCUT2D eigenvalue weighted by Crippen LogP contribution is -2.43. The standard InChI is InChI=1S/C18H27N5/c1-22(2)17(10-15-6-4-3-5-7-15)13-19-11-16-12-20-18-8-9-21-23(18)14-16/h3-9,16-17,19-20H,10-14H2,1-2H3. The van der Waals surface area contributed by atoms with Gasteiger partial charge in [0.25, 0.3) is 0 Å². The first kappa shape index (κ1) is 16.0. The number of hydrogen-bond acceptors (Lipinski definition) is 4. The van der Waals surface area contributed by atoms with E-state index in [2.05, 4.69) is 69.7 Å². The van der Waals surface area contributed by atoms with Crippen molar-refractivity contribution < 1.29 is 0 Å². The van der Waals surface area contributed by atoms with Gasteiger partial charge in [-0.05, 0) is 26.1 Å². The van der Waals surface area contributed by atoms with Gasteiger partial charge in [-0.25, -0.2) is 4.68 Å². The number of rotatable bonds is 7. The van der Waals surface area contributed by atoms with Crippen LogP contribution in [-0.2, 0) is 13.0 Å². The Hall–Kier alpha value is -1.85. The van der Waals surface area contributed by atoms with Crippen molar-refractivity contribution in [3.8, 4) is 0 Å². The Morgan fingerprint density at radius 1 is 1.30 bits per heavy atom. The third-order valence-electron chi connectivity index (χ3n) is 4.58. The molecule has 0 bridgehead atoms. The topological polar surface area (TPSA) is 45.1 Å². The van der Waals surface area contributed by atoms with E-state index in [0.717, 1.165) is 38.4 Å². The molecular weight excluding hydrogens is 286 g/mol. The zero-order valence-electron chi connectivity index (χ0n) is 14.1. The molecule has 124 valence electrons. The van der Waals surface area contributed by atoms with E-state index in [0.29, 0.717) is 12.0 Å². The summed E-state index contributed by atoms with van der Waals surface area (Å²) in [5.74, 6) is 1.72. The van der Waals surface area contributed by atoms with Crippen LogP contribution in [0.4, 0.5) is 5.82 Å². The Morgan fingerprint density at radius 2 is 2.13 bits per heavy atom. The molecular formula is C18H27N5. The second-order valence-electron chi connectivity index (χ2n) is 6.61. The Labute approximate surface area is 138 Å². The molecule has 3 rings (SSSR count). The van der Waals surface area contributed by atoms with Crippen molar-refractivity contribution in [2.24, 2.45) is 5.92 Å².